The Morgan fingerprint density at radius 1 is 1.19 bits per heavy atom. The molecule has 1 atom stereocenters. The van der Waals surface area contributed by atoms with Gasteiger partial charge < -0.3 is 13.8 Å². The molecule has 0 N–H and O–H groups in total. The third-order valence-electron chi connectivity index (χ3n) is 1.79. The summed E-state index contributed by atoms with van der Waals surface area (Å²) < 4.78 is 27.7. The second kappa shape index (κ2) is 7.05. The molecule has 0 radical (unpaired) electrons. The molecule has 0 heterocycles. The lowest BCUT2D eigenvalue weighted by molar-refractivity contribution is -0.145. The Morgan fingerprint density at radius 3 is 1.88 bits per heavy atom. The van der Waals surface area contributed by atoms with Crippen LogP contribution >= 0.6 is 7.60 Å². The Hall–Kier alpha value is -0.380. The maximum absolute atomic E-state index is 12.4. The quantitative estimate of drug-likeness (QED) is 0.515. The molecule has 0 aliphatic carbocycles. The van der Waals surface area contributed by atoms with E-state index < -0.39 is 19.4 Å². The Morgan fingerprint density at radius 2 is 1.62 bits per heavy atom. The van der Waals surface area contributed by atoms with Gasteiger partial charge in [-0.3, -0.25) is 9.36 Å². The lowest BCUT2D eigenvalue weighted by Gasteiger charge is -2.28. The summed E-state index contributed by atoms with van der Waals surface area (Å²) in [6, 6.07) is 0. The van der Waals surface area contributed by atoms with Crippen molar-refractivity contribution < 1.29 is 23.1 Å². The van der Waals surface area contributed by atoms with Gasteiger partial charge in [-0.2, -0.15) is 0 Å². The van der Waals surface area contributed by atoms with E-state index in [2.05, 4.69) is 0 Å². The summed E-state index contributed by atoms with van der Waals surface area (Å²) >= 11 is 0. The fourth-order valence-corrected chi connectivity index (χ4v) is 3.38. The molecule has 0 aromatic rings. The van der Waals surface area contributed by atoms with Crippen molar-refractivity contribution in [3.8, 4) is 0 Å². The molecule has 16 heavy (non-hydrogen) atoms. The lowest BCUT2D eigenvalue weighted by atomic mass is 10.2. The van der Waals surface area contributed by atoms with Crippen molar-refractivity contribution in [3.05, 3.63) is 0 Å². The van der Waals surface area contributed by atoms with Crippen LogP contribution in [-0.4, -0.2) is 25.0 Å². The van der Waals surface area contributed by atoms with Crippen LogP contribution in [0.3, 0.4) is 0 Å². The molecule has 0 aliphatic heterocycles. The van der Waals surface area contributed by atoms with Crippen molar-refractivity contribution in [3.63, 3.8) is 0 Å². The van der Waals surface area contributed by atoms with Crippen LogP contribution in [0.5, 0.6) is 0 Å². The second-order valence-electron chi connectivity index (χ2n) is 3.62. The molecule has 96 valence electrons. The van der Waals surface area contributed by atoms with Crippen LogP contribution in [0.1, 0.15) is 34.6 Å². The van der Waals surface area contributed by atoms with Gasteiger partial charge in [0.05, 0.1) is 13.2 Å². The molecule has 0 bridgehead atoms. The Balaban J connectivity index is 4.93. The first-order valence-corrected chi connectivity index (χ1v) is 7.04. The molecule has 0 aromatic heterocycles. The van der Waals surface area contributed by atoms with Crippen LogP contribution in [0.4, 0.5) is 0 Å². The van der Waals surface area contributed by atoms with E-state index in [4.69, 9.17) is 13.8 Å². The standard InChI is InChI=1S/C10H21O5P/c1-6-13-16(12,14-7-2)10(8(3)4)15-9(5)11/h8,10H,6-7H2,1-5H3/t10-/m1/s1. The first kappa shape index (κ1) is 15.6. The van der Waals surface area contributed by atoms with Gasteiger partial charge in [-0.15, -0.1) is 0 Å². The second-order valence-corrected chi connectivity index (χ2v) is 5.72. The SMILES string of the molecule is CCOP(=O)(OCC)[C@@H](OC(C)=O)C(C)C. The number of hydrogen-bond acceptors (Lipinski definition) is 5. The van der Waals surface area contributed by atoms with Crippen LogP contribution in [0.15, 0.2) is 0 Å². The zero-order chi connectivity index (χ0) is 12.8. The summed E-state index contributed by atoms with van der Waals surface area (Å²) in [6.07, 6.45) is 0. The van der Waals surface area contributed by atoms with Crippen molar-refractivity contribution in [1.82, 2.24) is 0 Å². The number of ether oxygens (including phenoxy) is 1. The predicted molar refractivity (Wildman–Crippen MR) is 61.3 cm³/mol. The number of esters is 1. The molecular weight excluding hydrogens is 231 g/mol. The molecule has 0 aliphatic rings. The van der Waals surface area contributed by atoms with Gasteiger partial charge in [0.2, 0.25) is 5.85 Å². The Bertz CT molecular complexity index is 254. The number of carbonyl (C=O) groups excluding carboxylic acids is 1. The maximum Gasteiger partial charge on any atom is 0.371 e. The predicted octanol–water partition coefficient (Wildman–Crippen LogP) is 2.80. The molecule has 0 rings (SSSR count). The van der Waals surface area contributed by atoms with E-state index in [0.717, 1.165) is 0 Å². The average Bonchev–Trinajstić information content (AvgIpc) is 2.14. The lowest BCUT2D eigenvalue weighted by Crippen LogP contribution is -2.25. The van der Waals surface area contributed by atoms with Gasteiger partial charge in [-0.25, -0.2) is 0 Å². The Labute approximate surface area is 97.0 Å². The highest BCUT2D eigenvalue weighted by atomic mass is 31.2. The highest BCUT2D eigenvalue weighted by Gasteiger charge is 2.40. The third kappa shape index (κ3) is 4.64. The van der Waals surface area contributed by atoms with Gasteiger partial charge in [0.1, 0.15) is 0 Å². The smallest absolute Gasteiger partial charge is 0.371 e. The van der Waals surface area contributed by atoms with E-state index >= 15 is 0 Å². The van der Waals surface area contributed by atoms with E-state index in [1.807, 2.05) is 0 Å². The first-order valence-electron chi connectivity index (χ1n) is 5.43. The average molecular weight is 252 g/mol. The molecule has 0 saturated carbocycles. The molecule has 0 fully saturated rings. The molecule has 0 spiro atoms. The van der Waals surface area contributed by atoms with E-state index in [1.54, 1.807) is 27.7 Å². The van der Waals surface area contributed by atoms with Crippen LogP contribution in [0.25, 0.3) is 0 Å². The summed E-state index contributed by atoms with van der Waals surface area (Å²) in [5.74, 6) is -1.46. The van der Waals surface area contributed by atoms with Gasteiger partial charge in [0, 0.05) is 12.8 Å². The van der Waals surface area contributed by atoms with E-state index in [1.165, 1.54) is 6.92 Å². The summed E-state index contributed by atoms with van der Waals surface area (Å²) in [5.41, 5.74) is 0. The third-order valence-corrected chi connectivity index (χ3v) is 4.35. The normalized spacial score (nSPS) is 13.9. The number of rotatable bonds is 7. The minimum atomic E-state index is -3.38. The highest BCUT2D eigenvalue weighted by molar-refractivity contribution is 7.54. The van der Waals surface area contributed by atoms with Crippen LogP contribution in [-0.2, 0) is 23.1 Å². The fraction of sp³-hybridized carbons (Fsp3) is 0.900. The topological polar surface area (TPSA) is 61.8 Å². The molecule has 5 nitrogen and oxygen atoms in total. The largest absolute Gasteiger partial charge is 0.449 e. The van der Waals surface area contributed by atoms with Crippen molar-refractivity contribution in [2.24, 2.45) is 5.92 Å². The van der Waals surface area contributed by atoms with Crippen LogP contribution in [0, 0.1) is 5.92 Å². The summed E-state index contributed by atoms with van der Waals surface area (Å²) in [5, 5.41) is 0. The molecule has 0 amide bonds. The van der Waals surface area contributed by atoms with E-state index in [0.29, 0.717) is 0 Å². The highest BCUT2D eigenvalue weighted by Crippen LogP contribution is 2.55. The number of carbonyl (C=O) groups is 1. The van der Waals surface area contributed by atoms with Gasteiger partial charge in [0.25, 0.3) is 0 Å². The van der Waals surface area contributed by atoms with Gasteiger partial charge in [-0.05, 0) is 13.8 Å². The summed E-state index contributed by atoms with van der Waals surface area (Å²) in [6.45, 7) is 8.82. The van der Waals surface area contributed by atoms with Crippen molar-refractivity contribution in [1.29, 1.82) is 0 Å². The summed E-state index contributed by atoms with van der Waals surface area (Å²) in [7, 11) is -3.38. The van der Waals surface area contributed by atoms with Crippen molar-refractivity contribution >= 4 is 13.6 Å². The fourth-order valence-electron chi connectivity index (χ4n) is 1.28. The maximum atomic E-state index is 12.4. The molecule has 6 heteroatoms. The molecule has 0 aromatic carbocycles. The van der Waals surface area contributed by atoms with Crippen molar-refractivity contribution in [2.45, 2.75) is 40.5 Å². The number of hydrogen-bond donors (Lipinski definition) is 0. The minimum absolute atomic E-state index is 0.132. The summed E-state index contributed by atoms with van der Waals surface area (Å²) in [4.78, 5) is 11.0. The zero-order valence-corrected chi connectivity index (χ0v) is 11.5. The van der Waals surface area contributed by atoms with Gasteiger partial charge in [-0.1, -0.05) is 13.8 Å². The van der Waals surface area contributed by atoms with E-state index in [-0.39, 0.29) is 19.1 Å². The van der Waals surface area contributed by atoms with Gasteiger partial charge in [0.15, 0.2) is 0 Å². The molecule has 0 saturated heterocycles. The Kier molecular flexibility index (Phi) is 6.88. The minimum Gasteiger partial charge on any atom is -0.449 e. The molecular formula is C10H21O5P. The van der Waals surface area contributed by atoms with Crippen LogP contribution < -0.4 is 0 Å². The first-order chi connectivity index (χ1) is 7.37. The van der Waals surface area contributed by atoms with Crippen molar-refractivity contribution in [2.75, 3.05) is 13.2 Å². The zero-order valence-electron chi connectivity index (χ0n) is 10.6. The monoisotopic (exact) mass is 252 g/mol. The van der Waals surface area contributed by atoms with Crippen LogP contribution in [0.2, 0.25) is 0 Å². The van der Waals surface area contributed by atoms with E-state index in [9.17, 15) is 9.36 Å². The molecule has 0 unspecified atom stereocenters. The van der Waals surface area contributed by atoms with Gasteiger partial charge >= 0.3 is 13.6 Å².